The fourth-order valence-corrected chi connectivity index (χ4v) is 5.67. The fraction of sp³-hybridized carbons (Fsp3) is 0.719. The van der Waals surface area contributed by atoms with Crippen molar-refractivity contribution in [1.29, 1.82) is 0 Å². The van der Waals surface area contributed by atoms with E-state index in [1.54, 1.807) is 12.1 Å². The van der Waals surface area contributed by atoms with Crippen LogP contribution in [0.2, 0.25) is 0 Å². The average molecular weight is 596 g/mol. The van der Waals surface area contributed by atoms with Gasteiger partial charge in [-0.25, -0.2) is 13.7 Å². The number of nitrogens with zero attached hydrogens (tertiary/aromatic N) is 2. The highest BCUT2D eigenvalue weighted by atomic mass is 31.2. The minimum absolute atomic E-state index is 0.0873. The summed E-state index contributed by atoms with van der Waals surface area (Å²) in [6, 6.07) is 7.17. The molecule has 0 aliphatic rings. The summed E-state index contributed by atoms with van der Waals surface area (Å²) in [6.45, 7) is 6.00. The van der Waals surface area contributed by atoms with Crippen LogP contribution in [0.4, 0.5) is 0 Å². The van der Waals surface area contributed by atoms with Gasteiger partial charge in [0, 0.05) is 18.8 Å². The van der Waals surface area contributed by atoms with E-state index in [9.17, 15) is 9.46 Å². The van der Waals surface area contributed by atoms with E-state index >= 15 is 0 Å². The number of imidazole rings is 1. The van der Waals surface area contributed by atoms with E-state index in [1.165, 1.54) is 77.0 Å². The topological polar surface area (TPSA) is 83.0 Å². The van der Waals surface area contributed by atoms with Crippen molar-refractivity contribution in [1.82, 2.24) is 4.57 Å². The molecule has 2 aromatic rings. The molecule has 2 unspecified atom stereocenters. The number of rotatable bonds is 26. The Morgan fingerprint density at radius 3 is 2.07 bits per heavy atom. The second-order valence-corrected chi connectivity index (χ2v) is 12.3. The molecule has 0 radical (unpaired) electrons. The van der Waals surface area contributed by atoms with E-state index in [0.717, 1.165) is 18.4 Å². The molecule has 8 nitrogen and oxygen atoms in total. The predicted octanol–water partition coefficient (Wildman–Crippen LogP) is 7.76. The highest BCUT2D eigenvalue weighted by Crippen LogP contribution is 2.45. The summed E-state index contributed by atoms with van der Waals surface area (Å²) in [7, 11) is -2.41. The van der Waals surface area contributed by atoms with Crippen LogP contribution in [0, 0.1) is 0 Å². The minimum Gasteiger partial charge on any atom is -0.404 e. The fourth-order valence-electron chi connectivity index (χ4n) is 4.84. The lowest BCUT2D eigenvalue weighted by molar-refractivity contribution is -0.671. The molecule has 41 heavy (non-hydrogen) atoms. The quantitative estimate of drug-likeness (QED) is 0.0680. The van der Waals surface area contributed by atoms with Gasteiger partial charge in [0.2, 0.25) is 6.33 Å². The molecular weight excluding hydrogens is 539 g/mol. The molecule has 1 N–H and O–H groups in total. The van der Waals surface area contributed by atoms with Crippen LogP contribution in [0.25, 0.3) is 0 Å². The van der Waals surface area contributed by atoms with Crippen molar-refractivity contribution in [3.05, 3.63) is 48.5 Å². The van der Waals surface area contributed by atoms with Crippen LogP contribution in [0.5, 0.6) is 5.75 Å². The van der Waals surface area contributed by atoms with E-state index in [-0.39, 0.29) is 6.61 Å². The van der Waals surface area contributed by atoms with Gasteiger partial charge in [-0.1, -0.05) is 109 Å². The standard InChI is InChI=1S/C32H55N2O6P/c1-4-6-7-8-9-10-11-12-13-14-15-16-17-20-25-37-27-31(38-5-2)28-39-41(35,36)40-32-22-19-18-21-30(32)26-34-24-23-33(3)29-34/h18-19,21-24,29,31H,4-17,20,25-28H2,1-3H3/p+1. The molecular formula is C32H56N2O6P+. The molecule has 234 valence electrons. The minimum atomic E-state index is -4.34. The van der Waals surface area contributed by atoms with Crippen LogP contribution in [0.3, 0.4) is 0 Å². The Hall–Kier alpha value is -1.70. The molecule has 0 saturated heterocycles. The lowest BCUT2D eigenvalue weighted by Crippen LogP contribution is -2.26. The Morgan fingerprint density at radius 2 is 1.49 bits per heavy atom. The molecule has 1 heterocycles. The first-order chi connectivity index (χ1) is 19.9. The smallest absolute Gasteiger partial charge is 0.404 e. The summed E-state index contributed by atoms with van der Waals surface area (Å²) in [4.78, 5) is 10.4. The number of hydrogen-bond donors (Lipinski definition) is 1. The Labute approximate surface area is 249 Å². The zero-order valence-electron chi connectivity index (χ0n) is 25.9. The van der Waals surface area contributed by atoms with E-state index < -0.39 is 13.9 Å². The van der Waals surface area contributed by atoms with Gasteiger partial charge >= 0.3 is 7.82 Å². The molecule has 0 saturated carbocycles. The number of para-hydroxylation sites is 1. The van der Waals surface area contributed by atoms with Crippen molar-refractivity contribution in [2.45, 2.75) is 116 Å². The third kappa shape index (κ3) is 17.1. The highest BCUT2D eigenvalue weighted by molar-refractivity contribution is 7.47. The molecule has 2 rings (SSSR count). The second-order valence-electron chi connectivity index (χ2n) is 11.0. The Kier molecular flexibility index (Phi) is 19.0. The van der Waals surface area contributed by atoms with E-state index in [4.69, 9.17) is 18.5 Å². The van der Waals surface area contributed by atoms with E-state index in [0.29, 0.717) is 32.1 Å². The third-order valence-corrected chi connectivity index (χ3v) is 8.04. The van der Waals surface area contributed by atoms with Gasteiger partial charge in [0.15, 0.2) is 0 Å². The molecule has 0 amide bonds. The molecule has 0 aliphatic carbocycles. The zero-order chi connectivity index (χ0) is 29.6. The van der Waals surface area contributed by atoms with Crippen molar-refractivity contribution < 1.29 is 32.5 Å². The maximum absolute atomic E-state index is 12.7. The van der Waals surface area contributed by atoms with Crippen LogP contribution < -0.4 is 9.09 Å². The zero-order valence-corrected chi connectivity index (χ0v) is 26.8. The molecule has 0 fully saturated rings. The summed E-state index contributed by atoms with van der Waals surface area (Å²) in [6.07, 6.45) is 23.9. The molecule has 2 atom stereocenters. The summed E-state index contributed by atoms with van der Waals surface area (Å²) >= 11 is 0. The average Bonchev–Trinajstić information content (AvgIpc) is 3.36. The van der Waals surface area contributed by atoms with Crippen molar-refractivity contribution in [2.75, 3.05) is 26.4 Å². The first-order valence-electron chi connectivity index (χ1n) is 15.9. The van der Waals surface area contributed by atoms with Crippen LogP contribution >= 0.6 is 7.82 Å². The summed E-state index contributed by atoms with van der Waals surface area (Å²) in [5, 5.41) is 0. The normalized spacial score (nSPS) is 13.8. The lowest BCUT2D eigenvalue weighted by Gasteiger charge is -2.20. The van der Waals surface area contributed by atoms with E-state index in [1.807, 2.05) is 54.0 Å². The maximum atomic E-state index is 12.7. The van der Waals surface area contributed by atoms with Gasteiger partial charge in [-0.05, 0) is 19.4 Å². The van der Waals surface area contributed by atoms with Gasteiger partial charge in [-0.3, -0.25) is 9.42 Å². The molecule has 0 bridgehead atoms. The number of hydrogen-bond acceptors (Lipinski definition) is 5. The number of aromatic nitrogens is 2. The molecule has 9 heteroatoms. The van der Waals surface area contributed by atoms with Gasteiger partial charge in [0.05, 0.1) is 20.3 Å². The van der Waals surface area contributed by atoms with Gasteiger partial charge in [-0.2, -0.15) is 0 Å². The molecule has 0 aliphatic heterocycles. The monoisotopic (exact) mass is 595 g/mol. The third-order valence-electron chi connectivity index (χ3n) is 7.13. The molecule has 1 aromatic heterocycles. The number of aryl methyl sites for hydroxylation is 1. The van der Waals surface area contributed by atoms with Gasteiger partial charge in [-0.15, -0.1) is 0 Å². The van der Waals surface area contributed by atoms with Gasteiger partial charge < -0.3 is 14.0 Å². The first-order valence-corrected chi connectivity index (χ1v) is 17.4. The molecule has 1 aromatic carbocycles. The number of phosphoric ester groups is 1. The Morgan fingerprint density at radius 1 is 0.878 bits per heavy atom. The van der Waals surface area contributed by atoms with Crippen LogP contribution in [0.1, 0.15) is 109 Å². The van der Waals surface area contributed by atoms with Gasteiger partial charge in [0.25, 0.3) is 0 Å². The largest absolute Gasteiger partial charge is 0.527 e. The summed E-state index contributed by atoms with van der Waals surface area (Å²) < 4.78 is 38.9. The predicted molar refractivity (Wildman–Crippen MR) is 164 cm³/mol. The highest BCUT2D eigenvalue weighted by Gasteiger charge is 2.27. The van der Waals surface area contributed by atoms with E-state index in [2.05, 4.69) is 6.92 Å². The van der Waals surface area contributed by atoms with Crippen LogP contribution in [-0.2, 0) is 32.2 Å². The number of unbranched alkanes of at least 4 members (excludes halogenated alkanes) is 13. The number of ether oxygens (including phenoxy) is 2. The summed E-state index contributed by atoms with van der Waals surface area (Å²) in [5.41, 5.74) is 0.777. The maximum Gasteiger partial charge on any atom is 0.527 e. The Bertz CT molecular complexity index is 969. The van der Waals surface area contributed by atoms with Crippen molar-refractivity contribution >= 4 is 7.82 Å². The first kappa shape index (κ1) is 35.5. The summed E-state index contributed by atoms with van der Waals surface area (Å²) in [5.74, 6) is 0.316. The lowest BCUT2D eigenvalue weighted by atomic mass is 10.0. The van der Waals surface area contributed by atoms with Crippen molar-refractivity contribution in [2.24, 2.45) is 7.05 Å². The Balaban J connectivity index is 1.56. The van der Waals surface area contributed by atoms with Gasteiger partial charge in [0.1, 0.15) is 30.8 Å². The SMILES string of the molecule is CCCCCCCCCCCCCCCCOCC(COP(=O)(O)Oc1ccccc1Cn1cc[n+](C)c1)OCC. The number of benzene rings is 1. The molecule has 0 spiro atoms. The van der Waals surface area contributed by atoms with Crippen molar-refractivity contribution in [3.63, 3.8) is 0 Å². The second kappa shape index (κ2) is 21.9. The van der Waals surface area contributed by atoms with Crippen molar-refractivity contribution in [3.8, 4) is 5.75 Å². The van der Waals surface area contributed by atoms with Crippen LogP contribution in [0.15, 0.2) is 43.0 Å². The van der Waals surface area contributed by atoms with Crippen LogP contribution in [-0.4, -0.2) is 42.0 Å². The number of phosphoric acid groups is 1.